The molecule has 0 bridgehead atoms. The van der Waals surface area contributed by atoms with E-state index in [-0.39, 0.29) is 17.9 Å². The molecule has 1 aromatic heterocycles. The molecule has 3 aromatic rings. The van der Waals surface area contributed by atoms with Gasteiger partial charge in [-0.3, -0.25) is 19.2 Å². The van der Waals surface area contributed by atoms with E-state index < -0.39 is 0 Å². The van der Waals surface area contributed by atoms with E-state index in [1.54, 1.807) is 0 Å². The highest BCUT2D eigenvalue weighted by Gasteiger charge is 2.29. The van der Waals surface area contributed by atoms with Gasteiger partial charge in [-0.25, -0.2) is 0 Å². The van der Waals surface area contributed by atoms with Crippen molar-refractivity contribution >= 4 is 17.5 Å². The Kier molecular flexibility index (Phi) is 6.92. The summed E-state index contributed by atoms with van der Waals surface area (Å²) in [6.45, 7) is 4.38. The summed E-state index contributed by atoms with van der Waals surface area (Å²) in [5.41, 5.74) is 5.94. The van der Waals surface area contributed by atoms with Crippen LogP contribution in [-0.4, -0.2) is 64.1 Å². The van der Waals surface area contributed by atoms with E-state index in [9.17, 15) is 9.59 Å². The molecule has 7 nitrogen and oxygen atoms in total. The van der Waals surface area contributed by atoms with E-state index in [1.165, 1.54) is 11.1 Å². The van der Waals surface area contributed by atoms with E-state index in [1.807, 2.05) is 61.2 Å². The number of nitrogens with zero attached hydrogens (tertiary/aromatic N) is 4. The summed E-state index contributed by atoms with van der Waals surface area (Å²) >= 11 is 0. The van der Waals surface area contributed by atoms with Crippen molar-refractivity contribution in [1.29, 1.82) is 0 Å². The molecule has 1 atom stereocenters. The molecule has 2 fully saturated rings. The first-order chi connectivity index (χ1) is 17.4. The van der Waals surface area contributed by atoms with Gasteiger partial charge in [-0.2, -0.15) is 5.10 Å². The van der Waals surface area contributed by atoms with Crippen molar-refractivity contribution in [3.05, 3.63) is 71.5 Å². The molecule has 0 unspecified atom stereocenters. The minimum atomic E-state index is -0.0961. The number of likely N-dealkylation sites (tertiary alicyclic amines) is 2. The van der Waals surface area contributed by atoms with Gasteiger partial charge in [0.15, 0.2) is 0 Å². The average molecular weight is 486 g/mol. The monoisotopic (exact) mass is 485 g/mol. The van der Waals surface area contributed by atoms with Gasteiger partial charge in [-0.15, -0.1) is 0 Å². The van der Waals surface area contributed by atoms with E-state index >= 15 is 0 Å². The minimum absolute atomic E-state index is 0.0121. The van der Waals surface area contributed by atoms with Crippen LogP contribution < -0.4 is 5.32 Å². The van der Waals surface area contributed by atoms with Crippen LogP contribution >= 0.6 is 0 Å². The molecule has 188 valence electrons. The summed E-state index contributed by atoms with van der Waals surface area (Å²) in [5.74, 6) is 0.500. The Bertz CT molecular complexity index is 1240. The second-order valence-corrected chi connectivity index (χ2v) is 10.2. The lowest BCUT2D eigenvalue weighted by Crippen LogP contribution is -2.38. The maximum atomic E-state index is 13.3. The van der Waals surface area contributed by atoms with Gasteiger partial charge >= 0.3 is 0 Å². The lowest BCUT2D eigenvalue weighted by Gasteiger charge is -2.32. The molecule has 2 aliphatic rings. The van der Waals surface area contributed by atoms with Gasteiger partial charge in [-0.1, -0.05) is 30.3 Å². The third kappa shape index (κ3) is 5.07. The lowest BCUT2D eigenvalue weighted by molar-refractivity contribution is -0.119. The minimum Gasteiger partial charge on any atom is -0.339 e. The van der Waals surface area contributed by atoms with Crippen molar-refractivity contribution in [3.8, 4) is 11.1 Å². The van der Waals surface area contributed by atoms with Crippen LogP contribution in [0.4, 0.5) is 5.69 Å². The standard InChI is InChI=1S/C29H35N5O2/c1-20-6-7-24(17-26(20)31-28(35)27-5-4-14-32(27)2)29(36)34-15-12-23(13-16-34)21-8-10-22(11-9-21)25-18-30-33(3)19-25/h6-11,17-19,23,27H,4-5,12-16H2,1-3H3,(H,31,35)/t27-/m1/s1. The van der Waals surface area contributed by atoms with Gasteiger partial charge in [0.05, 0.1) is 12.2 Å². The summed E-state index contributed by atoms with van der Waals surface area (Å²) in [4.78, 5) is 30.1. The van der Waals surface area contributed by atoms with Crippen molar-refractivity contribution in [3.63, 3.8) is 0 Å². The first-order valence-electron chi connectivity index (χ1n) is 12.9. The van der Waals surface area contributed by atoms with Crippen LogP contribution in [0.15, 0.2) is 54.9 Å². The Morgan fingerprint density at radius 3 is 2.33 bits per heavy atom. The normalized spacial score (nSPS) is 19.0. The predicted molar refractivity (Wildman–Crippen MR) is 142 cm³/mol. The van der Waals surface area contributed by atoms with Gasteiger partial charge in [-0.05, 0) is 80.9 Å². The van der Waals surface area contributed by atoms with Crippen molar-refractivity contribution in [2.45, 2.75) is 44.6 Å². The van der Waals surface area contributed by atoms with E-state index in [4.69, 9.17) is 0 Å². The zero-order chi connectivity index (χ0) is 25.2. The number of hydrogen-bond donors (Lipinski definition) is 1. The first kappa shape index (κ1) is 24.3. The maximum Gasteiger partial charge on any atom is 0.253 e. The molecule has 2 aliphatic heterocycles. The Morgan fingerprint density at radius 1 is 0.944 bits per heavy atom. The van der Waals surface area contributed by atoms with E-state index in [0.717, 1.165) is 62.1 Å². The number of aryl methyl sites for hydroxylation is 2. The first-order valence-corrected chi connectivity index (χ1v) is 12.9. The number of amides is 2. The Hall–Kier alpha value is -3.45. The summed E-state index contributed by atoms with van der Waals surface area (Å²) in [7, 11) is 3.92. The molecule has 7 heteroatoms. The molecule has 0 aliphatic carbocycles. The zero-order valence-electron chi connectivity index (χ0n) is 21.4. The van der Waals surface area contributed by atoms with Crippen molar-refractivity contribution < 1.29 is 9.59 Å². The highest BCUT2D eigenvalue weighted by Crippen LogP contribution is 2.31. The quantitative estimate of drug-likeness (QED) is 0.580. The number of aromatic nitrogens is 2. The van der Waals surface area contributed by atoms with Gasteiger partial charge in [0.25, 0.3) is 5.91 Å². The molecule has 3 heterocycles. The fourth-order valence-corrected chi connectivity index (χ4v) is 5.46. The van der Waals surface area contributed by atoms with E-state index in [2.05, 4.69) is 39.6 Å². The second kappa shape index (κ2) is 10.3. The van der Waals surface area contributed by atoms with Crippen LogP contribution in [0.2, 0.25) is 0 Å². The largest absolute Gasteiger partial charge is 0.339 e. The molecule has 2 amide bonds. The molecule has 5 rings (SSSR count). The SMILES string of the molecule is Cc1ccc(C(=O)N2CCC(c3ccc(-c4cnn(C)c4)cc3)CC2)cc1NC(=O)[C@H]1CCCN1C. The summed E-state index contributed by atoms with van der Waals surface area (Å²) in [6, 6.07) is 14.3. The number of rotatable bonds is 5. The summed E-state index contributed by atoms with van der Waals surface area (Å²) in [6.07, 6.45) is 7.71. The highest BCUT2D eigenvalue weighted by molar-refractivity contribution is 5.99. The fourth-order valence-electron chi connectivity index (χ4n) is 5.46. The smallest absolute Gasteiger partial charge is 0.253 e. The summed E-state index contributed by atoms with van der Waals surface area (Å²) < 4.78 is 1.81. The highest BCUT2D eigenvalue weighted by atomic mass is 16.2. The van der Waals surface area contributed by atoms with Gasteiger partial charge in [0.1, 0.15) is 0 Å². The summed E-state index contributed by atoms with van der Waals surface area (Å²) in [5, 5.41) is 7.33. The second-order valence-electron chi connectivity index (χ2n) is 10.2. The van der Waals surface area contributed by atoms with E-state index in [0.29, 0.717) is 11.5 Å². The van der Waals surface area contributed by atoms with Crippen LogP contribution in [0.3, 0.4) is 0 Å². The number of carbonyl (C=O) groups excluding carboxylic acids is 2. The average Bonchev–Trinajstić information content (AvgIpc) is 3.53. The molecule has 36 heavy (non-hydrogen) atoms. The fraction of sp³-hybridized carbons (Fsp3) is 0.414. The van der Waals surface area contributed by atoms with Crippen molar-refractivity contribution in [2.75, 3.05) is 32.0 Å². The topological polar surface area (TPSA) is 70.5 Å². The van der Waals surface area contributed by atoms with Gasteiger partial charge in [0.2, 0.25) is 5.91 Å². The van der Waals surface area contributed by atoms with Crippen LogP contribution in [0.25, 0.3) is 11.1 Å². The number of likely N-dealkylation sites (N-methyl/N-ethyl adjacent to an activating group) is 1. The molecule has 2 aromatic carbocycles. The molecular weight excluding hydrogens is 450 g/mol. The number of carbonyl (C=O) groups is 2. The van der Waals surface area contributed by atoms with Gasteiger partial charge in [0, 0.05) is 43.1 Å². The van der Waals surface area contributed by atoms with Crippen LogP contribution in [-0.2, 0) is 11.8 Å². The molecule has 1 N–H and O–H groups in total. The Morgan fingerprint density at radius 2 is 1.69 bits per heavy atom. The van der Waals surface area contributed by atoms with Crippen LogP contribution in [0.5, 0.6) is 0 Å². The number of piperidine rings is 1. The molecule has 0 spiro atoms. The third-order valence-corrected chi connectivity index (χ3v) is 7.77. The molecule has 2 saturated heterocycles. The Balaban J connectivity index is 1.20. The third-order valence-electron chi connectivity index (χ3n) is 7.77. The molecule has 0 saturated carbocycles. The number of nitrogens with one attached hydrogen (secondary N) is 1. The molecule has 0 radical (unpaired) electrons. The van der Waals surface area contributed by atoms with Crippen LogP contribution in [0, 0.1) is 6.92 Å². The number of anilines is 1. The zero-order valence-corrected chi connectivity index (χ0v) is 21.4. The lowest BCUT2D eigenvalue weighted by atomic mass is 9.88. The van der Waals surface area contributed by atoms with Crippen molar-refractivity contribution in [1.82, 2.24) is 19.6 Å². The van der Waals surface area contributed by atoms with Crippen LogP contribution in [0.1, 0.15) is 53.1 Å². The maximum absolute atomic E-state index is 13.3. The number of hydrogen-bond acceptors (Lipinski definition) is 4. The Labute approximate surface area is 213 Å². The molecular formula is C29H35N5O2. The number of benzene rings is 2. The predicted octanol–water partition coefficient (Wildman–Crippen LogP) is 4.45. The van der Waals surface area contributed by atoms with Crippen molar-refractivity contribution in [2.24, 2.45) is 7.05 Å². The van der Waals surface area contributed by atoms with Gasteiger partial charge < -0.3 is 10.2 Å².